The number of nitrogens with zero attached hydrogens (tertiary/aromatic N) is 6. The number of amides is 4. The first kappa shape index (κ1) is 96.2. The number of aromatic hydroxyl groups is 4. The van der Waals surface area contributed by atoms with Crippen molar-refractivity contribution < 1.29 is 58.8 Å². The number of nitrogens with two attached hydrogens (primary N) is 1. The first-order chi connectivity index (χ1) is 61.6. The second-order valence-corrected chi connectivity index (χ2v) is 32.7. The minimum absolute atomic E-state index is 0.0467. The molecule has 4 amide bonds. The van der Waals surface area contributed by atoms with E-state index in [2.05, 4.69) is 41.2 Å². The van der Waals surface area contributed by atoms with E-state index in [1.54, 1.807) is 122 Å². The molecule has 0 saturated carbocycles. The van der Waals surface area contributed by atoms with Crippen molar-refractivity contribution in [3.8, 4) is 23.0 Å². The standard InChI is InChI=1S/C26H24Cl2N4O3.C25H22Cl2N4O3.C22H17Cl2N3O3.C21H16Cl2N4O3/c27-18-8-9-24(30-15-18)31-26(35)21-12-19(28)13-23(34)20(21)14-22(33)16-4-6-17(7-5-16)25(29)32-10-2-1-3-11-32;26-17-7-8-23(29-14-17)30-25(34)20-11-18(27)12-22(33)19(20)13-21(32)15-3-5-16(6-4-15)24(28)31-9-1-2-10-31;1-12(25)13-2-4-14(5-3-13)19(28)10-17-18(8-16(24)9-20(17)29)22(30)27-21-7-6-15(23)11-26-21;22-13-5-6-19(26-10-13)27-21(30)16-7-14(23)8-18(29)15(16)9-17(28)11-1-3-12(4-2-11)20(24)25/h4-9,12-13,15,29,34H,1-3,10-11,14H2,(H,30,31,35);3-8,11-12,14,28,33H,1-2,9-10,13H2,(H,29,30,34);2-9,11,25,29H,10H2,1H3,(H,26,27,30);1-8,10,29H,9H2,(H3,24,25)(H,26,27,30). The van der Waals surface area contributed by atoms with E-state index < -0.39 is 23.6 Å². The molecule has 14 rings (SSSR count). The highest BCUT2D eigenvalue weighted by Gasteiger charge is 2.28. The van der Waals surface area contributed by atoms with Crippen LogP contribution in [0, 0.1) is 21.6 Å². The summed E-state index contributed by atoms with van der Waals surface area (Å²) in [5, 5.41) is 86.2. The number of aromatic nitrogens is 4. The van der Waals surface area contributed by atoms with Gasteiger partial charge in [0.1, 0.15) is 63.8 Å². The van der Waals surface area contributed by atoms with E-state index in [0.29, 0.717) is 70.9 Å². The number of nitrogens with one attached hydrogen (secondary N) is 8. The minimum atomic E-state index is -0.586. The van der Waals surface area contributed by atoms with Crippen LogP contribution in [0.2, 0.25) is 40.2 Å². The molecule has 0 aliphatic carbocycles. The number of pyridine rings is 4. The fraction of sp³-hybridized carbons (Fsp3) is 0.149. The van der Waals surface area contributed by atoms with Crippen LogP contribution in [-0.4, -0.2) is 146 Å². The fourth-order valence-electron chi connectivity index (χ4n) is 13.4. The molecule has 2 fully saturated rings. The molecular weight excluding hydrogens is 1810 g/mol. The van der Waals surface area contributed by atoms with Gasteiger partial charge in [-0.1, -0.05) is 190 Å². The Morgan fingerprint density at radius 2 is 0.527 bits per heavy atom. The molecule has 0 radical (unpaired) electrons. The lowest BCUT2D eigenvalue weighted by atomic mass is 9.96. The lowest BCUT2D eigenvalue weighted by molar-refractivity contribution is 0.0979. The van der Waals surface area contributed by atoms with Crippen molar-refractivity contribution in [2.45, 2.75) is 64.7 Å². The van der Waals surface area contributed by atoms with Crippen molar-refractivity contribution in [2.75, 3.05) is 47.4 Å². The van der Waals surface area contributed by atoms with Gasteiger partial charge in [0, 0.05) is 186 Å². The number of hydrogen-bond acceptors (Lipinski definition) is 20. The number of ketones is 4. The molecule has 0 unspecified atom stereocenters. The van der Waals surface area contributed by atoms with Gasteiger partial charge in [0.05, 0.1) is 20.1 Å². The van der Waals surface area contributed by atoms with Crippen molar-refractivity contribution in [3.63, 3.8) is 0 Å². The highest BCUT2D eigenvalue weighted by molar-refractivity contribution is 6.34. The number of anilines is 4. The SMILES string of the molecule is CC(=N)c1ccc(C(=O)Cc2c(O)cc(Cl)cc2C(=O)Nc2ccc(Cl)cn2)cc1.N=C(N)c1ccc(C(=O)Cc2c(O)cc(Cl)cc2C(=O)Nc2ccc(Cl)cn2)cc1.N=C(c1ccc(C(=O)Cc2c(O)cc(Cl)cc2C(=O)Nc2ccc(Cl)cn2)cc1)N1CCCC1.N=C(c1ccc(C(=O)Cc2c(O)cc(Cl)cc2C(=O)Nc2ccc(Cl)cn2)cc1)N1CCCCC1. The molecular formula is C94H79Cl8N15O12. The molecule has 35 heteroatoms. The number of nitrogen functional groups attached to an aromatic ring is 1. The van der Waals surface area contributed by atoms with Gasteiger partial charge < -0.3 is 62.6 Å². The summed E-state index contributed by atoms with van der Waals surface area (Å²) in [6.07, 6.45) is 10.2. The third kappa shape index (κ3) is 26.6. The van der Waals surface area contributed by atoms with Gasteiger partial charge in [-0.2, -0.15) is 0 Å². The van der Waals surface area contributed by atoms with Crippen molar-refractivity contribution in [1.82, 2.24) is 29.7 Å². The third-order valence-corrected chi connectivity index (χ3v) is 21.9. The lowest BCUT2D eigenvalue weighted by Crippen LogP contribution is -2.35. The van der Waals surface area contributed by atoms with E-state index in [9.17, 15) is 58.8 Å². The first-order valence-corrected chi connectivity index (χ1v) is 42.5. The maximum atomic E-state index is 13.0. The summed E-state index contributed by atoms with van der Waals surface area (Å²) in [5.41, 5.74) is 10.9. The number of rotatable bonds is 24. The average Bonchev–Trinajstić information content (AvgIpc) is 1.16. The van der Waals surface area contributed by atoms with Crippen LogP contribution in [-0.2, 0) is 25.7 Å². The maximum Gasteiger partial charge on any atom is 0.257 e. The fourth-order valence-corrected chi connectivity index (χ4v) is 14.7. The first-order valence-electron chi connectivity index (χ1n) is 39.5. The van der Waals surface area contributed by atoms with E-state index in [0.717, 1.165) is 63.0 Å². The number of Topliss-reactive ketones (excluding diaryl/α,β-unsaturated/α-hetero) is 4. The van der Waals surface area contributed by atoms with Crippen LogP contribution in [0.5, 0.6) is 23.0 Å². The average molecular weight is 1890 g/mol. The highest BCUT2D eigenvalue weighted by Crippen LogP contribution is 2.35. The van der Waals surface area contributed by atoms with Gasteiger partial charge in [0.25, 0.3) is 23.6 Å². The number of amidine groups is 3. The Morgan fingerprint density at radius 1 is 0.310 bits per heavy atom. The summed E-state index contributed by atoms with van der Waals surface area (Å²) in [6, 6.07) is 49.5. The molecule has 0 spiro atoms. The summed E-state index contributed by atoms with van der Waals surface area (Å²) in [7, 11) is 0. The van der Waals surface area contributed by atoms with Crippen LogP contribution < -0.4 is 27.0 Å². The Bertz CT molecular complexity index is 6090. The highest BCUT2D eigenvalue weighted by atomic mass is 35.5. The monoisotopic (exact) mass is 1890 g/mol. The smallest absolute Gasteiger partial charge is 0.257 e. The van der Waals surface area contributed by atoms with Crippen LogP contribution >= 0.6 is 92.8 Å². The molecule has 2 aliphatic rings. The van der Waals surface area contributed by atoms with E-state index in [-0.39, 0.29) is 166 Å². The molecule has 2 saturated heterocycles. The molecule has 0 bridgehead atoms. The zero-order valence-electron chi connectivity index (χ0n) is 68.3. The summed E-state index contributed by atoms with van der Waals surface area (Å²) in [5.74, 6) is -2.66. The van der Waals surface area contributed by atoms with Crippen LogP contribution in [0.25, 0.3) is 0 Å². The Morgan fingerprint density at radius 3 is 0.744 bits per heavy atom. The van der Waals surface area contributed by atoms with Crippen LogP contribution in [0.15, 0.2) is 219 Å². The maximum absolute atomic E-state index is 13.0. The molecule has 129 heavy (non-hydrogen) atoms. The molecule has 14 N–H and O–H groups in total. The second-order valence-electron chi connectivity index (χ2n) is 29.3. The van der Waals surface area contributed by atoms with Crippen molar-refractivity contribution in [3.05, 3.63) is 348 Å². The molecule has 6 heterocycles. The molecule has 8 aromatic carbocycles. The summed E-state index contributed by atoms with van der Waals surface area (Å²) < 4.78 is 0. The third-order valence-electron chi connectivity index (χ3n) is 20.2. The Balaban J connectivity index is 0.000000167. The predicted molar refractivity (Wildman–Crippen MR) is 503 cm³/mol. The Labute approximate surface area is 779 Å². The summed E-state index contributed by atoms with van der Waals surface area (Å²) >= 11 is 47.4. The quantitative estimate of drug-likeness (QED) is 0.0152. The largest absolute Gasteiger partial charge is 0.508 e. The van der Waals surface area contributed by atoms with E-state index >= 15 is 0 Å². The van der Waals surface area contributed by atoms with Gasteiger partial charge in [-0.15, -0.1) is 0 Å². The number of phenols is 4. The topological polar surface area (TPSA) is 445 Å². The minimum Gasteiger partial charge on any atom is -0.508 e. The van der Waals surface area contributed by atoms with Gasteiger partial charge in [-0.3, -0.25) is 54.6 Å². The number of hydrogen-bond donors (Lipinski definition) is 13. The van der Waals surface area contributed by atoms with E-state index in [4.69, 9.17) is 120 Å². The summed E-state index contributed by atoms with van der Waals surface area (Å²) in [6.45, 7) is 5.12. The number of carbonyl (C=O) groups is 8. The van der Waals surface area contributed by atoms with E-state index in [1.807, 2.05) is 9.80 Å². The van der Waals surface area contributed by atoms with Crippen molar-refractivity contribution >= 4 is 186 Å². The molecule has 12 aromatic rings. The van der Waals surface area contributed by atoms with Crippen LogP contribution in [0.1, 0.15) is 166 Å². The van der Waals surface area contributed by atoms with Crippen molar-refractivity contribution in [1.29, 1.82) is 21.6 Å². The Hall–Kier alpha value is -13.5. The van der Waals surface area contributed by atoms with Gasteiger partial charge >= 0.3 is 0 Å². The molecule has 658 valence electrons. The number of carbonyl (C=O) groups excluding carboxylic acids is 8. The zero-order chi connectivity index (χ0) is 92.9. The molecule has 2 aliphatic heterocycles. The molecule has 0 atom stereocenters. The van der Waals surface area contributed by atoms with Gasteiger partial charge in [0.2, 0.25) is 0 Å². The van der Waals surface area contributed by atoms with Gasteiger partial charge in [-0.25, -0.2) is 19.9 Å². The zero-order valence-corrected chi connectivity index (χ0v) is 74.4. The van der Waals surface area contributed by atoms with E-state index in [1.165, 1.54) is 110 Å². The number of phenolic OH excluding ortho intramolecular Hbond substituents is 4. The number of halogens is 8. The molecule has 4 aromatic heterocycles. The molecule has 27 nitrogen and oxygen atoms in total. The number of benzene rings is 8. The van der Waals surface area contributed by atoms with Gasteiger partial charge in [-0.05, 0) is 142 Å². The predicted octanol–water partition coefficient (Wildman–Crippen LogP) is 20.0. The van der Waals surface area contributed by atoms with Crippen molar-refractivity contribution in [2.24, 2.45) is 5.73 Å². The Kier molecular flexibility index (Phi) is 33.4. The number of piperidine rings is 1. The second kappa shape index (κ2) is 44.8. The summed E-state index contributed by atoms with van der Waals surface area (Å²) in [4.78, 5) is 123. The van der Waals surface area contributed by atoms with Crippen LogP contribution in [0.3, 0.4) is 0 Å². The normalized spacial score (nSPS) is 11.9. The van der Waals surface area contributed by atoms with Crippen LogP contribution in [0.4, 0.5) is 23.3 Å². The van der Waals surface area contributed by atoms with Gasteiger partial charge in [0.15, 0.2) is 23.1 Å². The lowest BCUT2D eigenvalue weighted by Gasteiger charge is -2.29. The number of likely N-dealkylation sites (tertiary alicyclic amines) is 2.